The van der Waals surface area contributed by atoms with Gasteiger partial charge in [-0.1, -0.05) is 13.8 Å². The first-order valence-corrected chi connectivity index (χ1v) is 6.73. The number of nitrogens with two attached hydrogens (primary N) is 1. The Morgan fingerprint density at radius 2 is 2.11 bits per heavy atom. The topological polar surface area (TPSA) is 75.4 Å². The van der Waals surface area contributed by atoms with E-state index in [1.807, 2.05) is 0 Å². The molecule has 2 unspecified atom stereocenters. The molecule has 0 aromatic carbocycles. The summed E-state index contributed by atoms with van der Waals surface area (Å²) >= 11 is 0. The fourth-order valence-corrected chi connectivity index (χ4v) is 2.50. The molecule has 0 radical (unpaired) electrons. The van der Waals surface area contributed by atoms with Crippen LogP contribution in [0.4, 0.5) is 0 Å². The summed E-state index contributed by atoms with van der Waals surface area (Å²) in [6.45, 7) is 6.85. The van der Waals surface area contributed by atoms with Gasteiger partial charge in [-0.3, -0.25) is 9.59 Å². The SMILES string of the molecule is CC(=O)N1CCCC1C(=O)NC(CN)CC(C)C. The van der Waals surface area contributed by atoms with Gasteiger partial charge < -0.3 is 16.0 Å². The Kier molecular flexibility index (Phi) is 5.59. The van der Waals surface area contributed by atoms with Gasteiger partial charge in [-0.2, -0.15) is 0 Å². The summed E-state index contributed by atoms with van der Waals surface area (Å²) in [5.41, 5.74) is 5.67. The number of likely N-dealkylation sites (tertiary alicyclic amines) is 1. The van der Waals surface area contributed by atoms with Crippen LogP contribution in [0, 0.1) is 5.92 Å². The van der Waals surface area contributed by atoms with Crippen LogP contribution >= 0.6 is 0 Å². The van der Waals surface area contributed by atoms with Crippen molar-refractivity contribution >= 4 is 11.8 Å². The van der Waals surface area contributed by atoms with Crippen molar-refractivity contribution in [3.63, 3.8) is 0 Å². The molecule has 3 N–H and O–H groups in total. The van der Waals surface area contributed by atoms with E-state index in [1.165, 1.54) is 6.92 Å². The van der Waals surface area contributed by atoms with Crippen LogP contribution < -0.4 is 11.1 Å². The Labute approximate surface area is 109 Å². The molecule has 0 bridgehead atoms. The molecule has 2 atom stereocenters. The summed E-state index contributed by atoms with van der Waals surface area (Å²) < 4.78 is 0. The lowest BCUT2D eigenvalue weighted by Crippen LogP contribution is -2.50. The van der Waals surface area contributed by atoms with E-state index in [4.69, 9.17) is 5.73 Å². The van der Waals surface area contributed by atoms with Gasteiger partial charge in [0.15, 0.2) is 0 Å². The molecule has 5 nitrogen and oxygen atoms in total. The van der Waals surface area contributed by atoms with Crippen molar-refractivity contribution < 1.29 is 9.59 Å². The highest BCUT2D eigenvalue weighted by atomic mass is 16.2. The lowest BCUT2D eigenvalue weighted by atomic mass is 10.0. The maximum absolute atomic E-state index is 12.2. The van der Waals surface area contributed by atoms with Gasteiger partial charge in [0, 0.05) is 26.1 Å². The predicted octanol–water partition coefficient (Wildman–Crippen LogP) is 0.487. The molecule has 0 spiro atoms. The highest BCUT2D eigenvalue weighted by Crippen LogP contribution is 2.17. The second-order valence-electron chi connectivity index (χ2n) is 5.44. The Balaban J connectivity index is 2.55. The summed E-state index contributed by atoms with van der Waals surface area (Å²) in [6, 6.07) is -0.296. The number of rotatable bonds is 5. The van der Waals surface area contributed by atoms with Crippen molar-refractivity contribution in [2.45, 2.75) is 52.1 Å². The summed E-state index contributed by atoms with van der Waals surface area (Å²) in [5.74, 6) is 0.408. The quantitative estimate of drug-likeness (QED) is 0.750. The molecule has 1 fully saturated rings. The molecule has 0 aromatic rings. The van der Waals surface area contributed by atoms with Crippen molar-refractivity contribution in [3.8, 4) is 0 Å². The first-order valence-electron chi connectivity index (χ1n) is 6.73. The molecular formula is C13H25N3O2. The number of hydrogen-bond acceptors (Lipinski definition) is 3. The van der Waals surface area contributed by atoms with Crippen LogP contribution in [-0.4, -0.2) is 41.9 Å². The minimum atomic E-state index is -0.302. The highest BCUT2D eigenvalue weighted by molar-refractivity contribution is 5.87. The summed E-state index contributed by atoms with van der Waals surface area (Å²) in [6.07, 6.45) is 2.52. The van der Waals surface area contributed by atoms with Gasteiger partial charge in [0.05, 0.1) is 0 Å². The predicted molar refractivity (Wildman–Crippen MR) is 70.8 cm³/mol. The first-order chi connectivity index (χ1) is 8.45. The number of nitrogens with one attached hydrogen (secondary N) is 1. The fraction of sp³-hybridized carbons (Fsp3) is 0.846. The monoisotopic (exact) mass is 255 g/mol. The van der Waals surface area contributed by atoms with Crippen molar-refractivity contribution in [1.82, 2.24) is 10.2 Å². The molecule has 1 heterocycles. The van der Waals surface area contributed by atoms with Gasteiger partial charge in [-0.15, -0.1) is 0 Å². The van der Waals surface area contributed by atoms with Crippen molar-refractivity contribution in [2.24, 2.45) is 11.7 Å². The Bertz CT molecular complexity index is 305. The van der Waals surface area contributed by atoms with Gasteiger partial charge in [-0.05, 0) is 25.2 Å². The second kappa shape index (κ2) is 6.73. The van der Waals surface area contributed by atoms with Crippen LogP contribution in [0.25, 0.3) is 0 Å². The summed E-state index contributed by atoms with van der Waals surface area (Å²) in [5, 5.41) is 2.97. The van der Waals surface area contributed by atoms with Crippen molar-refractivity contribution in [2.75, 3.05) is 13.1 Å². The molecule has 2 amide bonds. The van der Waals surface area contributed by atoms with Gasteiger partial charge in [0.1, 0.15) is 6.04 Å². The number of hydrogen-bond donors (Lipinski definition) is 2. The molecule has 0 aromatic heterocycles. The molecule has 0 saturated carbocycles. The van der Waals surface area contributed by atoms with Gasteiger partial charge >= 0.3 is 0 Å². The van der Waals surface area contributed by atoms with Crippen molar-refractivity contribution in [3.05, 3.63) is 0 Å². The third-order valence-corrected chi connectivity index (χ3v) is 3.35. The largest absolute Gasteiger partial charge is 0.350 e. The summed E-state index contributed by atoms with van der Waals surface area (Å²) in [7, 11) is 0. The van der Waals surface area contributed by atoms with E-state index >= 15 is 0 Å². The molecule has 1 aliphatic rings. The van der Waals surface area contributed by atoms with Crippen molar-refractivity contribution in [1.29, 1.82) is 0 Å². The molecule has 1 rings (SSSR count). The molecule has 104 valence electrons. The van der Waals surface area contributed by atoms with Crippen LogP contribution in [-0.2, 0) is 9.59 Å². The Morgan fingerprint density at radius 1 is 1.44 bits per heavy atom. The minimum Gasteiger partial charge on any atom is -0.350 e. The van der Waals surface area contributed by atoms with E-state index in [0.29, 0.717) is 19.0 Å². The van der Waals surface area contributed by atoms with E-state index in [0.717, 1.165) is 19.3 Å². The minimum absolute atomic E-state index is 0.00640. The zero-order chi connectivity index (χ0) is 13.7. The zero-order valence-electron chi connectivity index (χ0n) is 11.6. The van der Waals surface area contributed by atoms with Crippen LogP contribution in [0.1, 0.15) is 40.0 Å². The molecule has 5 heteroatoms. The highest BCUT2D eigenvalue weighted by Gasteiger charge is 2.33. The number of carbonyl (C=O) groups excluding carboxylic acids is 2. The van der Waals surface area contributed by atoms with E-state index in [9.17, 15) is 9.59 Å². The number of carbonyl (C=O) groups is 2. The van der Waals surface area contributed by atoms with Crippen LogP contribution in [0.15, 0.2) is 0 Å². The smallest absolute Gasteiger partial charge is 0.243 e. The number of nitrogens with zero attached hydrogens (tertiary/aromatic N) is 1. The average molecular weight is 255 g/mol. The first kappa shape index (κ1) is 15.0. The Hall–Kier alpha value is -1.10. The van der Waals surface area contributed by atoms with Crippen LogP contribution in [0.5, 0.6) is 0 Å². The standard InChI is InChI=1S/C13H25N3O2/c1-9(2)7-11(8-14)15-13(18)12-5-4-6-16(12)10(3)17/h9,11-12H,4-8,14H2,1-3H3,(H,15,18). The maximum Gasteiger partial charge on any atom is 0.243 e. The lowest BCUT2D eigenvalue weighted by Gasteiger charge is -2.26. The third-order valence-electron chi connectivity index (χ3n) is 3.35. The van der Waals surface area contributed by atoms with E-state index < -0.39 is 0 Å². The lowest BCUT2D eigenvalue weighted by molar-refractivity contribution is -0.137. The Morgan fingerprint density at radius 3 is 2.61 bits per heavy atom. The van der Waals surface area contributed by atoms with Gasteiger partial charge in [0.2, 0.25) is 11.8 Å². The second-order valence-corrected chi connectivity index (χ2v) is 5.44. The molecular weight excluding hydrogens is 230 g/mol. The normalized spacial score (nSPS) is 21.2. The summed E-state index contributed by atoms with van der Waals surface area (Å²) in [4.78, 5) is 25.2. The average Bonchev–Trinajstić information content (AvgIpc) is 2.76. The fourth-order valence-electron chi connectivity index (χ4n) is 2.50. The third kappa shape index (κ3) is 3.98. The maximum atomic E-state index is 12.2. The molecule has 0 aliphatic carbocycles. The van der Waals surface area contributed by atoms with E-state index in [-0.39, 0.29) is 23.9 Å². The van der Waals surface area contributed by atoms with E-state index in [2.05, 4.69) is 19.2 Å². The van der Waals surface area contributed by atoms with Crippen LogP contribution in [0.3, 0.4) is 0 Å². The number of amides is 2. The van der Waals surface area contributed by atoms with E-state index in [1.54, 1.807) is 4.90 Å². The van der Waals surface area contributed by atoms with Gasteiger partial charge in [-0.25, -0.2) is 0 Å². The van der Waals surface area contributed by atoms with Gasteiger partial charge in [0.25, 0.3) is 0 Å². The van der Waals surface area contributed by atoms with Crippen LogP contribution in [0.2, 0.25) is 0 Å². The molecule has 1 saturated heterocycles. The molecule has 18 heavy (non-hydrogen) atoms. The molecule has 1 aliphatic heterocycles. The zero-order valence-corrected chi connectivity index (χ0v) is 11.6.